The molecule has 0 aliphatic carbocycles. The second kappa shape index (κ2) is 5.72. The Bertz CT molecular complexity index is 579. The van der Waals surface area contributed by atoms with E-state index in [0.29, 0.717) is 13.0 Å². The van der Waals surface area contributed by atoms with Crippen LogP contribution >= 0.6 is 0 Å². The normalized spacial score (nSPS) is 24.4. The van der Waals surface area contributed by atoms with Crippen molar-refractivity contribution in [2.24, 2.45) is 0 Å². The summed E-state index contributed by atoms with van der Waals surface area (Å²) in [7, 11) is -0.404. The summed E-state index contributed by atoms with van der Waals surface area (Å²) in [6, 6.07) is 2.02. The van der Waals surface area contributed by atoms with Crippen LogP contribution in [0.25, 0.3) is 0 Å². The summed E-state index contributed by atoms with van der Waals surface area (Å²) in [5, 5.41) is 9.14. The minimum atomic E-state index is -4.04. The minimum Gasteiger partial charge on any atom is -0.392 e. The van der Waals surface area contributed by atoms with Crippen LogP contribution in [0.5, 0.6) is 0 Å². The number of sulfonamides is 1. The summed E-state index contributed by atoms with van der Waals surface area (Å²) in [6.45, 7) is 0.432. The van der Waals surface area contributed by atoms with E-state index in [4.69, 9.17) is 0 Å². The molecule has 0 bridgehead atoms. The van der Waals surface area contributed by atoms with Crippen LogP contribution in [0.1, 0.15) is 6.42 Å². The highest BCUT2D eigenvalue weighted by Gasteiger charge is 2.41. The maximum atomic E-state index is 13.7. The molecule has 1 saturated heterocycles. The Hall–Kier alpha value is -1.09. The van der Waals surface area contributed by atoms with E-state index < -0.39 is 27.0 Å². The van der Waals surface area contributed by atoms with Crippen molar-refractivity contribution in [1.29, 1.82) is 0 Å². The molecule has 112 valence electrons. The number of aliphatic hydroxyl groups excluding tert-OH is 1. The maximum Gasteiger partial charge on any atom is 0.263 e. The molecule has 2 rings (SSSR count). The molecule has 0 saturated carbocycles. The van der Waals surface area contributed by atoms with E-state index in [-0.39, 0.29) is 12.6 Å². The number of halogens is 1. The molecule has 2 heterocycles. The zero-order valence-corrected chi connectivity index (χ0v) is 12.2. The summed E-state index contributed by atoms with van der Waals surface area (Å²) >= 11 is 0. The maximum absolute atomic E-state index is 13.7. The van der Waals surface area contributed by atoms with Crippen molar-refractivity contribution in [3.8, 4) is 0 Å². The van der Waals surface area contributed by atoms with Crippen LogP contribution in [-0.4, -0.2) is 67.0 Å². The van der Waals surface area contributed by atoms with E-state index in [1.54, 1.807) is 0 Å². The van der Waals surface area contributed by atoms with Gasteiger partial charge >= 0.3 is 0 Å². The minimum absolute atomic E-state index is 0.0309. The Morgan fingerprint density at radius 3 is 2.85 bits per heavy atom. The van der Waals surface area contributed by atoms with Gasteiger partial charge in [0.1, 0.15) is 0 Å². The first-order valence-electron chi connectivity index (χ1n) is 6.27. The highest BCUT2D eigenvalue weighted by molar-refractivity contribution is 7.89. The Balaban J connectivity index is 2.35. The lowest BCUT2D eigenvalue weighted by Crippen LogP contribution is -2.41. The number of pyridine rings is 1. The molecule has 1 aromatic rings. The van der Waals surface area contributed by atoms with Gasteiger partial charge in [0.2, 0.25) is 5.03 Å². The lowest BCUT2D eigenvalue weighted by atomic mass is 10.2. The van der Waals surface area contributed by atoms with E-state index in [1.165, 1.54) is 12.3 Å². The zero-order valence-electron chi connectivity index (χ0n) is 11.4. The van der Waals surface area contributed by atoms with Crippen LogP contribution in [-0.2, 0) is 10.0 Å². The predicted molar refractivity (Wildman–Crippen MR) is 71.1 cm³/mol. The fraction of sp³-hybridized carbons (Fsp3) is 0.583. The number of aliphatic hydroxyl groups is 1. The molecule has 1 N–H and O–H groups in total. The third-order valence-corrected chi connectivity index (χ3v) is 5.05. The number of nitrogens with zero attached hydrogens (tertiary/aromatic N) is 3. The van der Waals surface area contributed by atoms with Crippen LogP contribution < -0.4 is 0 Å². The average molecular weight is 303 g/mol. The Morgan fingerprint density at radius 2 is 2.25 bits per heavy atom. The van der Waals surface area contributed by atoms with Crippen molar-refractivity contribution in [1.82, 2.24) is 14.2 Å². The van der Waals surface area contributed by atoms with Gasteiger partial charge in [-0.25, -0.2) is 17.8 Å². The number of rotatable bonds is 4. The second-order valence-electron chi connectivity index (χ2n) is 5.17. The summed E-state index contributed by atoms with van der Waals surface area (Å²) < 4.78 is 39.8. The van der Waals surface area contributed by atoms with Gasteiger partial charge in [0.15, 0.2) is 5.82 Å². The zero-order chi connectivity index (χ0) is 14.9. The van der Waals surface area contributed by atoms with Crippen molar-refractivity contribution in [3.63, 3.8) is 0 Å². The van der Waals surface area contributed by atoms with E-state index >= 15 is 0 Å². The molecule has 1 aromatic heterocycles. The highest BCUT2D eigenvalue weighted by Crippen LogP contribution is 2.26. The number of hydrogen-bond acceptors (Lipinski definition) is 5. The quantitative estimate of drug-likeness (QED) is 0.841. The van der Waals surface area contributed by atoms with E-state index in [9.17, 15) is 17.9 Å². The van der Waals surface area contributed by atoms with Crippen molar-refractivity contribution >= 4 is 10.0 Å². The van der Waals surface area contributed by atoms with Crippen molar-refractivity contribution in [3.05, 3.63) is 24.1 Å². The van der Waals surface area contributed by atoms with Crippen LogP contribution in [0.2, 0.25) is 0 Å². The van der Waals surface area contributed by atoms with Gasteiger partial charge in [-0.15, -0.1) is 0 Å². The summed E-state index contributed by atoms with van der Waals surface area (Å²) in [5.41, 5.74) is 0. The predicted octanol–water partition coefficient (Wildman–Crippen LogP) is -0.0938. The van der Waals surface area contributed by atoms with Gasteiger partial charge in [-0.2, -0.15) is 4.31 Å². The number of likely N-dealkylation sites (N-methyl/N-ethyl adjacent to an activating group) is 1. The average Bonchev–Trinajstić information content (AvgIpc) is 2.70. The molecule has 0 amide bonds. The molecule has 6 nitrogen and oxygen atoms in total. The summed E-state index contributed by atoms with van der Waals surface area (Å²) in [6.07, 6.45) is 0.844. The molecule has 1 aliphatic heterocycles. The monoisotopic (exact) mass is 303 g/mol. The van der Waals surface area contributed by atoms with Gasteiger partial charge in [-0.3, -0.25) is 0 Å². The van der Waals surface area contributed by atoms with Gasteiger partial charge in [-0.1, -0.05) is 0 Å². The fourth-order valence-electron chi connectivity index (χ4n) is 2.42. The Morgan fingerprint density at radius 1 is 1.55 bits per heavy atom. The molecule has 20 heavy (non-hydrogen) atoms. The van der Waals surface area contributed by atoms with Gasteiger partial charge in [0.05, 0.1) is 6.10 Å². The second-order valence-corrected chi connectivity index (χ2v) is 6.98. The smallest absolute Gasteiger partial charge is 0.263 e. The SMILES string of the molecule is CN(C)CC1CC(O)CN1S(=O)(=O)c1ncccc1F. The molecule has 8 heteroatoms. The molecule has 2 unspecified atom stereocenters. The third-order valence-electron chi connectivity index (χ3n) is 3.20. The molecule has 1 fully saturated rings. The first-order chi connectivity index (χ1) is 9.32. The first-order valence-corrected chi connectivity index (χ1v) is 7.71. The van der Waals surface area contributed by atoms with Gasteiger partial charge in [0, 0.05) is 25.3 Å². The van der Waals surface area contributed by atoms with Crippen LogP contribution in [0.3, 0.4) is 0 Å². The van der Waals surface area contributed by atoms with Crippen molar-refractivity contribution in [2.75, 3.05) is 27.2 Å². The fourth-order valence-corrected chi connectivity index (χ4v) is 4.06. The molecule has 2 atom stereocenters. The van der Waals surface area contributed by atoms with Crippen LogP contribution in [0, 0.1) is 5.82 Å². The van der Waals surface area contributed by atoms with E-state index in [1.807, 2.05) is 19.0 Å². The lowest BCUT2D eigenvalue weighted by molar-refractivity contribution is 0.188. The molecule has 0 spiro atoms. The largest absolute Gasteiger partial charge is 0.392 e. The van der Waals surface area contributed by atoms with Crippen molar-refractivity contribution in [2.45, 2.75) is 23.6 Å². The van der Waals surface area contributed by atoms with Gasteiger partial charge < -0.3 is 10.0 Å². The number of hydrogen-bond donors (Lipinski definition) is 1. The van der Waals surface area contributed by atoms with E-state index in [0.717, 1.165) is 10.4 Å². The molecule has 1 aliphatic rings. The topological polar surface area (TPSA) is 73.7 Å². The summed E-state index contributed by atoms with van der Waals surface area (Å²) in [5.74, 6) is -0.877. The van der Waals surface area contributed by atoms with E-state index in [2.05, 4.69) is 4.98 Å². The first kappa shape index (κ1) is 15.3. The van der Waals surface area contributed by atoms with Crippen LogP contribution in [0.15, 0.2) is 23.4 Å². The number of aromatic nitrogens is 1. The molecule has 0 radical (unpaired) electrons. The summed E-state index contributed by atoms with van der Waals surface area (Å²) in [4.78, 5) is 5.47. The highest BCUT2D eigenvalue weighted by atomic mass is 32.2. The van der Waals surface area contributed by atoms with Gasteiger partial charge in [0.25, 0.3) is 10.0 Å². The van der Waals surface area contributed by atoms with Gasteiger partial charge in [-0.05, 0) is 32.6 Å². The Kier molecular flexibility index (Phi) is 4.38. The number of β-amino-alcohol motifs (C(OH)–C–C–N with tert-alkyl or cyclic N) is 1. The molecular weight excluding hydrogens is 285 g/mol. The lowest BCUT2D eigenvalue weighted by Gasteiger charge is -2.25. The molecule has 0 aromatic carbocycles. The molecular formula is C12H18FN3O3S. The van der Waals surface area contributed by atoms with Crippen LogP contribution in [0.4, 0.5) is 4.39 Å². The third kappa shape index (κ3) is 2.98. The Labute approximate surface area is 117 Å². The standard InChI is InChI=1S/C12H18FN3O3S/c1-15(2)7-9-6-10(17)8-16(9)20(18,19)12-11(13)4-3-5-14-12/h3-5,9-10,17H,6-8H2,1-2H3. The van der Waals surface area contributed by atoms with Crippen molar-refractivity contribution < 1.29 is 17.9 Å².